The molecule has 0 radical (unpaired) electrons. The van der Waals surface area contributed by atoms with E-state index >= 15 is 0 Å². The van der Waals surface area contributed by atoms with Crippen molar-refractivity contribution in [2.75, 3.05) is 5.73 Å². The second-order valence-electron chi connectivity index (χ2n) is 4.61. The number of hydrogen-bond acceptors (Lipinski definition) is 2. The molecule has 0 aliphatic heterocycles. The molecule has 0 bridgehead atoms. The number of ether oxygens (including phenoxy) is 1. The van der Waals surface area contributed by atoms with E-state index in [1.807, 2.05) is 0 Å². The molecule has 0 saturated carbocycles. The first kappa shape index (κ1) is 15.2. The van der Waals surface area contributed by atoms with Gasteiger partial charge in [-0.05, 0) is 48.4 Å². The van der Waals surface area contributed by atoms with Crippen LogP contribution < -0.4 is 10.5 Å². The number of nitrogen functional groups attached to an aromatic ring is 1. The van der Waals surface area contributed by atoms with Crippen LogP contribution >= 0.6 is 0 Å². The predicted octanol–water partition coefficient (Wildman–Crippen LogP) is 4.31. The minimum Gasteiger partial charge on any atom is -0.488 e. The van der Waals surface area contributed by atoms with Crippen molar-refractivity contribution in [2.24, 2.45) is 0 Å². The smallest absolute Gasteiger partial charge is 0.420 e. The minimum absolute atomic E-state index is 0.00707. The number of halogens is 4. The number of anilines is 1. The van der Waals surface area contributed by atoms with Crippen molar-refractivity contribution >= 4 is 5.69 Å². The summed E-state index contributed by atoms with van der Waals surface area (Å²) < 4.78 is 56.9. The molecule has 0 aliphatic rings. The lowest BCUT2D eigenvalue weighted by molar-refractivity contribution is -0.139. The molecule has 0 atom stereocenters. The van der Waals surface area contributed by atoms with Crippen LogP contribution in [0.4, 0.5) is 23.2 Å². The molecule has 0 aliphatic carbocycles. The Morgan fingerprint density at radius 1 is 1.10 bits per heavy atom. The van der Waals surface area contributed by atoms with E-state index in [-0.39, 0.29) is 18.0 Å². The molecule has 2 N–H and O–H groups in total. The standard InChI is InChI=1S/C15H13F4NO/c1-9-6-11(16)3-2-10(9)8-21-14-5-4-12(20)7-13(14)15(17,18)19/h2-7H,8,20H2,1H3. The lowest BCUT2D eigenvalue weighted by atomic mass is 10.1. The molecular formula is C15H13F4NO. The lowest BCUT2D eigenvalue weighted by Crippen LogP contribution is -2.10. The Bertz CT molecular complexity index is 653. The van der Waals surface area contributed by atoms with E-state index in [9.17, 15) is 17.6 Å². The summed E-state index contributed by atoms with van der Waals surface area (Å²) in [6.07, 6.45) is -4.55. The summed E-state index contributed by atoms with van der Waals surface area (Å²) in [4.78, 5) is 0. The number of alkyl halides is 3. The first-order chi connectivity index (χ1) is 9.77. The van der Waals surface area contributed by atoms with Crippen molar-refractivity contribution in [3.63, 3.8) is 0 Å². The predicted molar refractivity (Wildman–Crippen MR) is 71.3 cm³/mol. The lowest BCUT2D eigenvalue weighted by Gasteiger charge is -2.15. The number of rotatable bonds is 3. The highest BCUT2D eigenvalue weighted by Crippen LogP contribution is 2.37. The van der Waals surface area contributed by atoms with Gasteiger partial charge >= 0.3 is 6.18 Å². The van der Waals surface area contributed by atoms with Crippen molar-refractivity contribution in [1.29, 1.82) is 0 Å². The fourth-order valence-corrected chi connectivity index (χ4v) is 1.87. The Kier molecular flexibility index (Phi) is 4.06. The van der Waals surface area contributed by atoms with Crippen LogP contribution in [0.1, 0.15) is 16.7 Å². The van der Waals surface area contributed by atoms with Gasteiger partial charge in [0, 0.05) is 5.69 Å². The molecule has 0 unspecified atom stereocenters. The second-order valence-corrected chi connectivity index (χ2v) is 4.61. The van der Waals surface area contributed by atoms with Crippen LogP contribution in [0.3, 0.4) is 0 Å². The molecule has 2 nitrogen and oxygen atoms in total. The van der Waals surface area contributed by atoms with Gasteiger partial charge in [0.15, 0.2) is 0 Å². The van der Waals surface area contributed by atoms with Gasteiger partial charge in [-0.1, -0.05) is 6.07 Å². The Hall–Kier alpha value is -2.24. The van der Waals surface area contributed by atoms with E-state index in [0.717, 1.165) is 6.07 Å². The average Bonchev–Trinajstić information content (AvgIpc) is 2.38. The quantitative estimate of drug-likeness (QED) is 0.677. The Morgan fingerprint density at radius 3 is 2.43 bits per heavy atom. The van der Waals surface area contributed by atoms with E-state index in [0.29, 0.717) is 11.1 Å². The van der Waals surface area contributed by atoms with Crippen molar-refractivity contribution in [1.82, 2.24) is 0 Å². The third-order valence-electron chi connectivity index (χ3n) is 3.00. The molecule has 0 aromatic heterocycles. The average molecular weight is 299 g/mol. The molecule has 0 fully saturated rings. The van der Waals surface area contributed by atoms with Gasteiger partial charge in [-0.3, -0.25) is 0 Å². The fraction of sp³-hybridized carbons (Fsp3) is 0.200. The van der Waals surface area contributed by atoms with Crippen molar-refractivity contribution in [3.05, 3.63) is 58.9 Å². The zero-order chi connectivity index (χ0) is 15.6. The number of nitrogens with two attached hydrogens (primary N) is 1. The SMILES string of the molecule is Cc1cc(F)ccc1COc1ccc(N)cc1C(F)(F)F. The maximum Gasteiger partial charge on any atom is 0.420 e. The van der Waals surface area contributed by atoms with E-state index in [1.54, 1.807) is 6.92 Å². The molecule has 6 heteroatoms. The summed E-state index contributed by atoms with van der Waals surface area (Å²) in [5, 5.41) is 0. The molecule has 0 spiro atoms. The van der Waals surface area contributed by atoms with Gasteiger partial charge in [-0.2, -0.15) is 13.2 Å². The van der Waals surface area contributed by atoms with Crippen LogP contribution in [0.15, 0.2) is 36.4 Å². The normalized spacial score (nSPS) is 11.5. The van der Waals surface area contributed by atoms with Crippen molar-refractivity contribution < 1.29 is 22.3 Å². The molecular weight excluding hydrogens is 286 g/mol. The van der Waals surface area contributed by atoms with Crippen molar-refractivity contribution in [2.45, 2.75) is 19.7 Å². The van der Waals surface area contributed by atoms with E-state index in [2.05, 4.69) is 0 Å². The zero-order valence-electron chi connectivity index (χ0n) is 11.2. The maximum atomic E-state index is 13.0. The Morgan fingerprint density at radius 2 is 1.81 bits per heavy atom. The molecule has 21 heavy (non-hydrogen) atoms. The Balaban J connectivity index is 2.24. The number of benzene rings is 2. The van der Waals surface area contributed by atoms with Crippen molar-refractivity contribution in [3.8, 4) is 5.75 Å². The van der Waals surface area contributed by atoms with Gasteiger partial charge < -0.3 is 10.5 Å². The number of hydrogen-bond donors (Lipinski definition) is 1. The van der Waals surface area contributed by atoms with E-state index in [4.69, 9.17) is 10.5 Å². The third kappa shape index (κ3) is 3.65. The van der Waals surface area contributed by atoms with Crippen LogP contribution in [0.25, 0.3) is 0 Å². The molecule has 0 heterocycles. The van der Waals surface area contributed by atoms with E-state index in [1.165, 1.54) is 30.3 Å². The topological polar surface area (TPSA) is 35.2 Å². The molecule has 2 aromatic rings. The summed E-state index contributed by atoms with van der Waals surface area (Å²) in [7, 11) is 0. The van der Waals surface area contributed by atoms with Gasteiger partial charge in [0.1, 0.15) is 18.2 Å². The molecule has 112 valence electrons. The fourth-order valence-electron chi connectivity index (χ4n) is 1.87. The van der Waals surface area contributed by atoms with Gasteiger partial charge in [0.2, 0.25) is 0 Å². The van der Waals surface area contributed by atoms with E-state index < -0.39 is 17.6 Å². The number of aryl methyl sites for hydroxylation is 1. The second kappa shape index (κ2) is 5.63. The first-order valence-corrected chi connectivity index (χ1v) is 6.12. The van der Waals surface area contributed by atoms with Gasteiger partial charge in [0.25, 0.3) is 0 Å². The molecule has 0 amide bonds. The van der Waals surface area contributed by atoms with Gasteiger partial charge in [-0.15, -0.1) is 0 Å². The first-order valence-electron chi connectivity index (χ1n) is 6.12. The van der Waals surface area contributed by atoms with Crippen LogP contribution in [-0.2, 0) is 12.8 Å². The summed E-state index contributed by atoms with van der Waals surface area (Å²) in [5.74, 6) is -0.708. The van der Waals surface area contributed by atoms with Gasteiger partial charge in [0.05, 0.1) is 5.56 Å². The van der Waals surface area contributed by atoms with Crippen LogP contribution in [0.5, 0.6) is 5.75 Å². The highest BCUT2D eigenvalue weighted by molar-refractivity contribution is 5.49. The summed E-state index contributed by atoms with van der Waals surface area (Å²) in [5.41, 5.74) is 5.68. The monoisotopic (exact) mass is 299 g/mol. The van der Waals surface area contributed by atoms with Crippen LogP contribution in [-0.4, -0.2) is 0 Å². The molecule has 2 aromatic carbocycles. The van der Waals surface area contributed by atoms with Crippen LogP contribution in [0.2, 0.25) is 0 Å². The molecule has 2 rings (SSSR count). The summed E-state index contributed by atoms with van der Waals surface area (Å²) in [6, 6.07) is 7.35. The van der Waals surface area contributed by atoms with Gasteiger partial charge in [-0.25, -0.2) is 4.39 Å². The zero-order valence-corrected chi connectivity index (χ0v) is 11.2. The van der Waals surface area contributed by atoms with Crippen LogP contribution in [0, 0.1) is 12.7 Å². The largest absolute Gasteiger partial charge is 0.488 e. The highest BCUT2D eigenvalue weighted by atomic mass is 19.4. The third-order valence-corrected chi connectivity index (χ3v) is 3.00. The maximum absolute atomic E-state index is 13.0. The molecule has 0 saturated heterocycles. The summed E-state index contributed by atoms with van der Waals surface area (Å²) in [6.45, 7) is 1.58. The summed E-state index contributed by atoms with van der Waals surface area (Å²) >= 11 is 0. The Labute approximate surface area is 119 Å². The highest BCUT2D eigenvalue weighted by Gasteiger charge is 2.34. The minimum atomic E-state index is -4.55.